The van der Waals surface area contributed by atoms with Gasteiger partial charge in [-0.2, -0.15) is 4.98 Å². The molecule has 2 aromatic heterocycles. The second-order valence-electron chi connectivity index (χ2n) is 4.28. The first kappa shape index (κ1) is 12.5. The number of imidazole rings is 1. The highest BCUT2D eigenvalue weighted by atomic mass is 16.5. The molecule has 0 aliphatic carbocycles. The van der Waals surface area contributed by atoms with E-state index in [0.29, 0.717) is 31.3 Å². The first-order valence-electron chi connectivity index (χ1n) is 6.42. The fourth-order valence-corrected chi connectivity index (χ4v) is 2.16. The average Bonchev–Trinajstić information content (AvgIpc) is 3.05. The van der Waals surface area contributed by atoms with Crippen LogP contribution in [0, 0.1) is 0 Å². The Morgan fingerprint density at radius 3 is 3.05 bits per heavy atom. The van der Waals surface area contributed by atoms with E-state index in [2.05, 4.69) is 15.1 Å². The molecule has 20 heavy (non-hydrogen) atoms. The zero-order valence-electron chi connectivity index (χ0n) is 11.1. The van der Waals surface area contributed by atoms with Crippen LogP contribution in [0.15, 0.2) is 29.1 Å². The molecule has 3 rings (SSSR count). The van der Waals surface area contributed by atoms with Crippen molar-refractivity contribution in [1.82, 2.24) is 19.7 Å². The van der Waals surface area contributed by atoms with Crippen LogP contribution in [0.2, 0.25) is 0 Å². The number of aryl methyl sites for hydroxylation is 2. The number of nitrogens with zero attached hydrogens (tertiary/aromatic N) is 4. The number of benzene rings is 1. The maximum Gasteiger partial charge on any atom is 0.213 e. The zero-order valence-corrected chi connectivity index (χ0v) is 11.1. The second-order valence-corrected chi connectivity index (χ2v) is 4.28. The predicted octanol–water partition coefficient (Wildman–Crippen LogP) is 1.64. The molecule has 104 valence electrons. The number of ether oxygens (including phenoxy) is 1. The number of nitrogens with two attached hydrogens (primary N) is 1. The van der Waals surface area contributed by atoms with Gasteiger partial charge in [0.15, 0.2) is 5.82 Å². The summed E-state index contributed by atoms with van der Waals surface area (Å²) in [5.74, 6) is 1.85. The maximum absolute atomic E-state index is 5.99. The molecular formula is C13H15N5O2. The van der Waals surface area contributed by atoms with E-state index < -0.39 is 0 Å². The molecule has 2 N–H and O–H groups in total. The quantitative estimate of drug-likeness (QED) is 0.759. The van der Waals surface area contributed by atoms with Crippen molar-refractivity contribution in [3.63, 3.8) is 0 Å². The van der Waals surface area contributed by atoms with Gasteiger partial charge in [-0.25, -0.2) is 4.98 Å². The van der Waals surface area contributed by atoms with Crippen molar-refractivity contribution in [2.24, 2.45) is 0 Å². The largest absolute Gasteiger partial charge is 0.492 e. The Labute approximate surface area is 115 Å². The monoisotopic (exact) mass is 273 g/mol. The van der Waals surface area contributed by atoms with Gasteiger partial charge in [-0.1, -0.05) is 11.2 Å². The van der Waals surface area contributed by atoms with Gasteiger partial charge in [-0.15, -0.1) is 0 Å². The van der Waals surface area contributed by atoms with Crippen molar-refractivity contribution in [1.29, 1.82) is 0 Å². The van der Waals surface area contributed by atoms with Gasteiger partial charge in [0.25, 0.3) is 0 Å². The van der Waals surface area contributed by atoms with Crippen molar-refractivity contribution in [2.75, 3.05) is 12.3 Å². The molecule has 0 saturated carbocycles. The summed E-state index contributed by atoms with van der Waals surface area (Å²) < 4.78 is 12.2. The average molecular weight is 273 g/mol. The lowest BCUT2D eigenvalue weighted by atomic mass is 10.3. The second kappa shape index (κ2) is 5.20. The molecule has 7 nitrogen and oxygen atoms in total. The van der Waals surface area contributed by atoms with Crippen LogP contribution in [0.1, 0.15) is 12.7 Å². The van der Waals surface area contributed by atoms with Crippen LogP contribution in [0.25, 0.3) is 11.0 Å². The van der Waals surface area contributed by atoms with Gasteiger partial charge in [0, 0.05) is 13.0 Å². The molecule has 0 aliphatic heterocycles. The highest BCUT2D eigenvalue weighted by Gasteiger charge is 2.12. The Kier molecular flexibility index (Phi) is 3.24. The summed E-state index contributed by atoms with van der Waals surface area (Å²) in [6, 6.07) is 5.79. The highest BCUT2D eigenvalue weighted by Crippen LogP contribution is 2.27. The van der Waals surface area contributed by atoms with E-state index in [1.54, 1.807) is 0 Å². The van der Waals surface area contributed by atoms with Crippen LogP contribution in [0.4, 0.5) is 5.95 Å². The van der Waals surface area contributed by atoms with E-state index in [1.807, 2.05) is 29.7 Å². The third kappa shape index (κ3) is 2.18. The Bertz CT molecular complexity index is 705. The molecule has 0 unspecified atom stereocenters. The summed E-state index contributed by atoms with van der Waals surface area (Å²) >= 11 is 0. The van der Waals surface area contributed by atoms with E-state index in [-0.39, 0.29) is 0 Å². The lowest BCUT2D eigenvalue weighted by Crippen LogP contribution is -2.06. The number of hydrogen-bond donors (Lipinski definition) is 1. The van der Waals surface area contributed by atoms with Crippen molar-refractivity contribution in [3.8, 4) is 5.75 Å². The van der Waals surface area contributed by atoms with E-state index in [1.165, 1.54) is 6.39 Å². The van der Waals surface area contributed by atoms with Gasteiger partial charge < -0.3 is 19.6 Å². The predicted molar refractivity (Wildman–Crippen MR) is 73.3 cm³/mol. The Morgan fingerprint density at radius 2 is 2.30 bits per heavy atom. The summed E-state index contributed by atoms with van der Waals surface area (Å²) in [6.45, 7) is 3.17. The molecule has 0 amide bonds. The number of hydrogen-bond acceptors (Lipinski definition) is 6. The smallest absolute Gasteiger partial charge is 0.213 e. The molecular weight excluding hydrogens is 258 g/mol. The third-order valence-corrected chi connectivity index (χ3v) is 3.04. The first-order valence-corrected chi connectivity index (χ1v) is 6.42. The molecule has 0 bridgehead atoms. The first-order chi connectivity index (χ1) is 9.79. The Hall–Kier alpha value is -2.57. The van der Waals surface area contributed by atoms with E-state index in [9.17, 15) is 0 Å². The van der Waals surface area contributed by atoms with E-state index in [4.69, 9.17) is 15.0 Å². The molecule has 0 fully saturated rings. The van der Waals surface area contributed by atoms with E-state index >= 15 is 0 Å². The van der Waals surface area contributed by atoms with Crippen molar-refractivity contribution < 1.29 is 9.26 Å². The minimum Gasteiger partial charge on any atom is -0.492 e. The summed E-state index contributed by atoms with van der Waals surface area (Å²) in [4.78, 5) is 8.38. The minimum atomic E-state index is 0.454. The lowest BCUT2D eigenvalue weighted by molar-refractivity contribution is 0.343. The molecule has 0 saturated heterocycles. The molecule has 2 heterocycles. The van der Waals surface area contributed by atoms with Gasteiger partial charge >= 0.3 is 0 Å². The molecule has 0 aliphatic rings. The SMILES string of the molecule is CCOc1cccc2c1nc(N)n2CCc1ncon1. The van der Waals surface area contributed by atoms with Crippen LogP contribution in [-0.4, -0.2) is 26.3 Å². The van der Waals surface area contributed by atoms with Crippen molar-refractivity contribution >= 4 is 17.0 Å². The number of anilines is 1. The third-order valence-electron chi connectivity index (χ3n) is 3.04. The lowest BCUT2D eigenvalue weighted by Gasteiger charge is -2.06. The van der Waals surface area contributed by atoms with Crippen LogP contribution < -0.4 is 10.5 Å². The van der Waals surface area contributed by atoms with Gasteiger partial charge in [0.1, 0.15) is 11.3 Å². The molecule has 3 aromatic rings. The minimum absolute atomic E-state index is 0.454. The number of nitrogen functional groups attached to an aromatic ring is 1. The summed E-state index contributed by atoms with van der Waals surface area (Å²) in [5.41, 5.74) is 7.71. The topological polar surface area (TPSA) is 92.0 Å². The Balaban J connectivity index is 1.94. The number of fused-ring (bicyclic) bond motifs is 1. The summed E-state index contributed by atoms with van der Waals surface area (Å²) in [6.07, 6.45) is 1.95. The van der Waals surface area contributed by atoms with E-state index in [0.717, 1.165) is 16.8 Å². The van der Waals surface area contributed by atoms with Gasteiger partial charge in [0.2, 0.25) is 12.3 Å². The van der Waals surface area contributed by atoms with Crippen LogP contribution in [0.3, 0.4) is 0 Å². The molecule has 7 heteroatoms. The summed E-state index contributed by atoms with van der Waals surface area (Å²) in [5, 5.41) is 3.79. The molecule has 0 atom stereocenters. The number of aromatic nitrogens is 4. The molecule has 0 radical (unpaired) electrons. The molecule has 0 spiro atoms. The zero-order chi connectivity index (χ0) is 13.9. The van der Waals surface area contributed by atoms with Gasteiger partial charge in [0.05, 0.1) is 12.1 Å². The van der Waals surface area contributed by atoms with Crippen LogP contribution in [-0.2, 0) is 13.0 Å². The standard InChI is InChI=1S/C13H15N5O2/c1-2-19-10-5-3-4-9-12(10)16-13(14)18(9)7-6-11-15-8-20-17-11/h3-5,8H,2,6-7H2,1H3,(H2,14,16). The fraction of sp³-hybridized carbons (Fsp3) is 0.308. The highest BCUT2D eigenvalue weighted by molar-refractivity contribution is 5.84. The van der Waals surface area contributed by atoms with Crippen molar-refractivity contribution in [2.45, 2.75) is 19.9 Å². The maximum atomic E-state index is 5.99. The Morgan fingerprint density at radius 1 is 1.40 bits per heavy atom. The number of para-hydroxylation sites is 1. The van der Waals surface area contributed by atoms with Gasteiger partial charge in [-0.3, -0.25) is 0 Å². The van der Waals surface area contributed by atoms with Crippen molar-refractivity contribution in [3.05, 3.63) is 30.4 Å². The number of rotatable bonds is 5. The van der Waals surface area contributed by atoms with Gasteiger partial charge in [-0.05, 0) is 19.1 Å². The fourth-order valence-electron chi connectivity index (χ4n) is 2.16. The summed E-state index contributed by atoms with van der Waals surface area (Å²) in [7, 11) is 0. The van der Waals surface area contributed by atoms with Crippen LogP contribution >= 0.6 is 0 Å². The molecule has 1 aromatic carbocycles. The normalized spacial score (nSPS) is 11.1. The van der Waals surface area contributed by atoms with Crippen LogP contribution in [0.5, 0.6) is 5.75 Å².